The highest BCUT2D eigenvalue weighted by atomic mass is 14.2. The van der Waals surface area contributed by atoms with E-state index in [2.05, 4.69) is 12.8 Å². The average molecular weight is 108 g/mol. The lowest BCUT2D eigenvalue weighted by atomic mass is 10.00. The molecule has 1 unspecified atom stereocenters. The van der Waals surface area contributed by atoms with E-state index >= 15 is 0 Å². The van der Waals surface area contributed by atoms with Crippen LogP contribution >= 0.6 is 0 Å². The van der Waals surface area contributed by atoms with Gasteiger partial charge in [-0.15, -0.1) is 12.3 Å². The van der Waals surface area contributed by atoms with Gasteiger partial charge in [0.25, 0.3) is 0 Å². The fourth-order valence-electron chi connectivity index (χ4n) is 1.39. The van der Waals surface area contributed by atoms with Crippen LogP contribution in [0.25, 0.3) is 0 Å². The molecular formula is C8H12. The minimum Gasteiger partial charge on any atom is -0.120 e. The molecule has 0 heterocycles. The van der Waals surface area contributed by atoms with Crippen LogP contribution in [0.2, 0.25) is 0 Å². The minimum absolute atomic E-state index is 0.593. The first-order valence-corrected chi connectivity index (χ1v) is 3.30. The molecule has 2 atom stereocenters. The van der Waals surface area contributed by atoms with Crippen molar-refractivity contribution < 1.29 is 0 Å². The van der Waals surface area contributed by atoms with Crippen LogP contribution in [0.5, 0.6) is 0 Å². The maximum atomic E-state index is 5.27. The van der Waals surface area contributed by atoms with Crippen molar-refractivity contribution in [2.75, 3.05) is 0 Å². The van der Waals surface area contributed by atoms with Crippen molar-refractivity contribution in [1.82, 2.24) is 0 Å². The lowest BCUT2D eigenvalue weighted by Crippen LogP contribution is -1.98. The summed E-state index contributed by atoms with van der Waals surface area (Å²) in [5.41, 5.74) is 0. The van der Waals surface area contributed by atoms with Crippen molar-refractivity contribution in [2.45, 2.75) is 26.2 Å². The van der Waals surface area contributed by atoms with E-state index in [-0.39, 0.29) is 0 Å². The van der Waals surface area contributed by atoms with Crippen LogP contribution in [0.3, 0.4) is 0 Å². The maximum absolute atomic E-state index is 5.27. The number of terminal acetylenes is 1. The topological polar surface area (TPSA) is 0 Å². The van der Waals surface area contributed by atoms with Crippen molar-refractivity contribution in [1.29, 1.82) is 0 Å². The van der Waals surface area contributed by atoms with Gasteiger partial charge < -0.3 is 0 Å². The molecule has 0 aliphatic heterocycles. The first-order valence-electron chi connectivity index (χ1n) is 3.30. The standard InChI is InChI=1S/C8H12/c1-3-8-6-4-5-7(8)2/h1,7-8H,4-6H2,2H3/t7-,8?/m1/s1. The summed E-state index contributed by atoms with van der Waals surface area (Å²) in [5.74, 6) is 4.20. The van der Waals surface area contributed by atoms with Crippen molar-refractivity contribution in [3.8, 4) is 12.3 Å². The molecule has 0 spiro atoms. The van der Waals surface area contributed by atoms with E-state index in [4.69, 9.17) is 6.42 Å². The average Bonchev–Trinajstić information content (AvgIpc) is 2.14. The van der Waals surface area contributed by atoms with Gasteiger partial charge in [0.15, 0.2) is 0 Å². The molecule has 0 aromatic rings. The molecule has 8 heavy (non-hydrogen) atoms. The molecule has 1 aliphatic carbocycles. The Balaban J connectivity index is 2.45. The van der Waals surface area contributed by atoms with E-state index < -0.39 is 0 Å². The highest BCUT2D eigenvalue weighted by Crippen LogP contribution is 2.29. The predicted molar refractivity (Wildman–Crippen MR) is 35.3 cm³/mol. The van der Waals surface area contributed by atoms with E-state index in [1.165, 1.54) is 19.3 Å². The Kier molecular flexibility index (Phi) is 1.58. The van der Waals surface area contributed by atoms with Crippen LogP contribution in [-0.2, 0) is 0 Å². The molecule has 0 amide bonds. The van der Waals surface area contributed by atoms with Gasteiger partial charge in [0.05, 0.1) is 0 Å². The number of hydrogen-bond acceptors (Lipinski definition) is 0. The third kappa shape index (κ3) is 0.865. The fourth-order valence-corrected chi connectivity index (χ4v) is 1.39. The second kappa shape index (κ2) is 2.22. The third-order valence-corrected chi connectivity index (χ3v) is 2.08. The molecule has 0 saturated heterocycles. The maximum Gasteiger partial charge on any atom is 0.0225 e. The summed E-state index contributed by atoms with van der Waals surface area (Å²) in [6.07, 6.45) is 9.22. The summed E-state index contributed by atoms with van der Waals surface area (Å²) in [7, 11) is 0. The zero-order valence-electron chi connectivity index (χ0n) is 5.35. The molecule has 1 saturated carbocycles. The molecule has 0 aromatic carbocycles. The van der Waals surface area contributed by atoms with E-state index in [9.17, 15) is 0 Å². The Hall–Kier alpha value is -0.440. The SMILES string of the molecule is C#CC1CCC[C@H]1C. The molecule has 0 radical (unpaired) electrons. The Labute approximate surface area is 51.3 Å². The van der Waals surface area contributed by atoms with E-state index in [1.54, 1.807) is 0 Å². The normalized spacial score (nSPS) is 37.0. The van der Waals surface area contributed by atoms with Gasteiger partial charge in [-0.3, -0.25) is 0 Å². The summed E-state index contributed by atoms with van der Waals surface area (Å²) < 4.78 is 0. The van der Waals surface area contributed by atoms with Crippen LogP contribution in [0, 0.1) is 24.2 Å². The van der Waals surface area contributed by atoms with Gasteiger partial charge in [-0.2, -0.15) is 0 Å². The van der Waals surface area contributed by atoms with Crippen molar-refractivity contribution in [3.63, 3.8) is 0 Å². The van der Waals surface area contributed by atoms with E-state index in [1.807, 2.05) is 0 Å². The monoisotopic (exact) mass is 108 g/mol. The molecule has 0 bridgehead atoms. The zero-order chi connectivity index (χ0) is 5.98. The molecule has 0 aromatic heterocycles. The highest BCUT2D eigenvalue weighted by molar-refractivity contribution is 4.97. The van der Waals surface area contributed by atoms with Crippen LogP contribution in [0.1, 0.15) is 26.2 Å². The Morgan fingerprint density at radius 3 is 2.50 bits per heavy atom. The highest BCUT2D eigenvalue weighted by Gasteiger charge is 2.20. The minimum atomic E-state index is 0.593. The Morgan fingerprint density at radius 1 is 1.50 bits per heavy atom. The quantitative estimate of drug-likeness (QED) is 0.417. The van der Waals surface area contributed by atoms with Crippen LogP contribution in [0.15, 0.2) is 0 Å². The predicted octanol–water partition coefficient (Wildman–Crippen LogP) is 2.06. The molecule has 0 heteroatoms. The van der Waals surface area contributed by atoms with Crippen LogP contribution in [-0.4, -0.2) is 0 Å². The van der Waals surface area contributed by atoms with Crippen molar-refractivity contribution >= 4 is 0 Å². The van der Waals surface area contributed by atoms with Gasteiger partial charge in [0.2, 0.25) is 0 Å². The lowest BCUT2D eigenvalue weighted by molar-refractivity contribution is 0.519. The summed E-state index contributed by atoms with van der Waals surface area (Å²) in [6.45, 7) is 2.25. The van der Waals surface area contributed by atoms with E-state index in [0.717, 1.165) is 5.92 Å². The smallest absolute Gasteiger partial charge is 0.0225 e. The van der Waals surface area contributed by atoms with E-state index in [0.29, 0.717) is 5.92 Å². The molecule has 1 fully saturated rings. The summed E-state index contributed by atoms with van der Waals surface area (Å²) in [6, 6.07) is 0. The van der Waals surface area contributed by atoms with Crippen molar-refractivity contribution in [2.24, 2.45) is 11.8 Å². The largest absolute Gasteiger partial charge is 0.120 e. The summed E-state index contributed by atoms with van der Waals surface area (Å²) >= 11 is 0. The Morgan fingerprint density at radius 2 is 2.25 bits per heavy atom. The van der Waals surface area contributed by atoms with Gasteiger partial charge in [-0.1, -0.05) is 13.3 Å². The van der Waals surface area contributed by atoms with Gasteiger partial charge in [0.1, 0.15) is 0 Å². The zero-order valence-corrected chi connectivity index (χ0v) is 5.35. The fraction of sp³-hybridized carbons (Fsp3) is 0.750. The second-order valence-corrected chi connectivity index (χ2v) is 2.68. The van der Waals surface area contributed by atoms with Crippen LogP contribution in [0.4, 0.5) is 0 Å². The summed E-state index contributed by atoms with van der Waals surface area (Å²) in [4.78, 5) is 0. The van der Waals surface area contributed by atoms with Crippen LogP contribution < -0.4 is 0 Å². The number of rotatable bonds is 0. The molecule has 0 N–H and O–H groups in total. The summed E-state index contributed by atoms with van der Waals surface area (Å²) in [5, 5.41) is 0. The third-order valence-electron chi connectivity index (χ3n) is 2.08. The first kappa shape index (κ1) is 5.69. The molecule has 1 aliphatic rings. The molecular weight excluding hydrogens is 96.1 g/mol. The first-order chi connectivity index (χ1) is 3.84. The Bertz CT molecular complexity index is 108. The number of hydrogen-bond donors (Lipinski definition) is 0. The van der Waals surface area contributed by atoms with Gasteiger partial charge in [0, 0.05) is 5.92 Å². The lowest BCUT2D eigenvalue weighted by Gasteiger charge is -2.04. The molecule has 0 nitrogen and oxygen atoms in total. The van der Waals surface area contributed by atoms with Gasteiger partial charge in [-0.05, 0) is 18.8 Å². The second-order valence-electron chi connectivity index (χ2n) is 2.68. The van der Waals surface area contributed by atoms with Gasteiger partial charge in [-0.25, -0.2) is 0 Å². The van der Waals surface area contributed by atoms with Crippen molar-refractivity contribution in [3.05, 3.63) is 0 Å². The molecule has 1 rings (SSSR count). The molecule has 44 valence electrons. The van der Waals surface area contributed by atoms with Gasteiger partial charge >= 0.3 is 0 Å².